The maximum absolute atomic E-state index is 13.3. The van der Waals surface area contributed by atoms with Crippen molar-refractivity contribution < 1.29 is 28.7 Å². The molecule has 9 rings (SSSR count). The van der Waals surface area contributed by atoms with Crippen molar-refractivity contribution in [1.29, 1.82) is 0 Å². The summed E-state index contributed by atoms with van der Waals surface area (Å²) in [4.78, 5) is 62.4. The normalized spacial score (nSPS) is 22.4. The molecule has 0 radical (unpaired) electrons. The van der Waals surface area contributed by atoms with Crippen LogP contribution in [0, 0.1) is 0 Å². The lowest BCUT2D eigenvalue weighted by atomic mass is 9.91. The molecule has 12 heteroatoms. The highest BCUT2D eigenvalue weighted by atomic mass is 16.5. The number of imide groups is 2. The zero-order chi connectivity index (χ0) is 34.8. The van der Waals surface area contributed by atoms with Gasteiger partial charge in [-0.1, -0.05) is 12.1 Å². The Morgan fingerprint density at radius 1 is 0.765 bits per heavy atom. The van der Waals surface area contributed by atoms with Gasteiger partial charge in [0, 0.05) is 91.6 Å². The van der Waals surface area contributed by atoms with Crippen LogP contribution in [0.4, 0.5) is 5.69 Å². The van der Waals surface area contributed by atoms with Crippen LogP contribution in [0.2, 0.25) is 0 Å². The topological polar surface area (TPSA) is 136 Å². The van der Waals surface area contributed by atoms with E-state index in [0.29, 0.717) is 11.4 Å². The Morgan fingerprint density at radius 3 is 2.35 bits per heavy atom. The number of piperidine rings is 2. The summed E-state index contributed by atoms with van der Waals surface area (Å²) in [6, 6.07) is 16.8. The average molecular weight is 685 g/mol. The summed E-state index contributed by atoms with van der Waals surface area (Å²) in [5, 5.41) is 4.56. The SMILES string of the molecule is Cn1c2ccncc2c2ccc(-c3ccc(OC4CC(OC5CCN(c6ccc7c(c6)C(=O)N(C6CCC(=O)NC6=O)C7=O)CC5)C4)nc3)cc21. The fourth-order valence-electron chi connectivity index (χ4n) is 7.93. The van der Waals surface area contributed by atoms with Crippen molar-refractivity contribution in [3.8, 4) is 17.0 Å². The maximum atomic E-state index is 13.3. The van der Waals surface area contributed by atoms with Crippen LogP contribution in [0.15, 0.2) is 73.2 Å². The van der Waals surface area contributed by atoms with E-state index in [1.54, 1.807) is 12.1 Å². The third-order valence-electron chi connectivity index (χ3n) is 10.8. The Labute approximate surface area is 293 Å². The average Bonchev–Trinajstić information content (AvgIpc) is 3.56. The summed E-state index contributed by atoms with van der Waals surface area (Å²) in [7, 11) is 2.08. The van der Waals surface area contributed by atoms with Crippen LogP contribution in [0.5, 0.6) is 5.88 Å². The van der Waals surface area contributed by atoms with Crippen molar-refractivity contribution in [2.75, 3.05) is 18.0 Å². The quantitative estimate of drug-likeness (QED) is 0.240. The van der Waals surface area contributed by atoms with Gasteiger partial charge in [0.1, 0.15) is 12.1 Å². The Morgan fingerprint density at radius 2 is 1.57 bits per heavy atom. The number of fused-ring (bicyclic) bond motifs is 4. The maximum Gasteiger partial charge on any atom is 0.262 e. The zero-order valence-electron chi connectivity index (χ0n) is 28.1. The molecule has 3 aliphatic heterocycles. The Bertz CT molecular complexity index is 2230. The number of benzene rings is 2. The molecule has 1 aliphatic carbocycles. The first-order chi connectivity index (χ1) is 24.8. The lowest BCUT2D eigenvalue weighted by Crippen LogP contribution is -2.54. The Balaban J connectivity index is 0.758. The van der Waals surface area contributed by atoms with E-state index in [9.17, 15) is 19.2 Å². The molecule has 5 aromatic rings. The van der Waals surface area contributed by atoms with Crippen molar-refractivity contribution in [3.05, 3.63) is 84.3 Å². The van der Waals surface area contributed by atoms with Crippen molar-refractivity contribution in [2.45, 2.75) is 62.9 Å². The van der Waals surface area contributed by atoms with Gasteiger partial charge < -0.3 is 18.9 Å². The molecule has 2 aromatic carbocycles. The number of ether oxygens (including phenoxy) is 2. The first kappa shape index (κ1) is 31.4. The fourth-order valence-corrected chi connectivity index (χ4v) is 7.93. The molecule has 6 heterocycles. The Kier molecular flexibility index (Phi) is 7.57. The van der Waals surface area contributed by atoms with E-state index in [1.807, 2.05) is 36.8 Å². The second-order valence-electron chi connectivity index (χ2n) is 13.9. The van der Waals surface area contributed by atoms with E-state index in [1.165, 1.54) is 5.39 Å². The van der Waals surface area contributed by atoms with Crippen LogP contribution in [0.1, 0.15) is 59.2 Å². The van der Waals surface area contributed by atoms with Gasteiger partial charge in [-0.2, -0.15) is 0 Å². The molecular weight excluding hydrogens is 648 g/mol. The van der Waals surface area contributed by atoms with Gasteiger partial charge in [-0.3, -0.25) is 34.4 Å². The van der Waals surface area contributed by atoms with E-state index < -0.39 is 29.7 Å². The number of carbonyl (C=O) groups is 4. The predicted molar refractivity (Wildman–Crippen MR) is 188 cm³/mol. The van der Waals surface area contributed by atoms with Gasteiger partial charge >= 0.3 is 0 Å². The number of hydrogen-bond donors (Lipinski definition) is 1. The standard InChI is InChI=1S/C39H36N6O6/c1-43-32-10-13-40-21-31(32)28-5-2-22(16-34(28)43)23-3-9-36(41-20-23)51-27-18-26(19-27)50-25-11-14-44(15-12-25)24-4-6-29-30(17-24)39(49)45(38(29)48)33-7-8-35(46)42-37(33)47/h2-6,9-10,13,16-17,20-21,25-27,33H,7-8,11-12,14-15,18-19H2,1H3,(H,42,46,47). The van der Waals surface area contributed by atoms with Crippen molar-refractivity contribution in [3.63, 3.8) is 0 Å². The number of nitrogens with zero attached hydrogens (tertiary/aromatic N) is 5. The number of aromatic nitrogens is 3. The smallest absolute Gasteiger partial charge is 0.262 e. The minimum Gasteiger partial charge on any atom is -0.474 e. The molecule has 1 unspecified atom stereocenters. The molecule has 1 saturated carbocycles. The third kappa shape index (κ3) is 5.50. The lowest BCUT2D eigenvalue weighted by molar-refractivity contribution is -0.136. The van der Waals surface area contributed by atoms with Crippen LogP contribution in [-0.4, -0.2) is 80.5 Å². The van der Waals surface area contributed by atoms with Gasteiger partial charge in [0.05, 0.1) is 28.9 Å². The van der Waals surface area contributed by atoms with Crippen LogP contribution >= 0.6 is 0 Å². The molecule has 3 fully saturated rings. The van der Waals surface area contributed by atoms with E-state index >= 15 is 0 Å². The first-order valence-corrected chi connectivity index (χ1v) is 17.5. The summed E-state index contributed by atoms with van der Waals surface area (Å²) in [6.45, 7) is 1.52. The van der Waals surface area contributed by atoms with E-state index in [0.717, 1.165) is 76.9 Å². The summed E-state index contributed by atoms with van der Waals surface area (Å²) < 4.78 is 14.8. The number of aryl methyl sites for hydroxylation is 1. The number of anilines is 1. The molecule has 1 N–H and O–H groups in total. The molecule has 258 valence electrons. The lowest BCUT2D eigenvalue weighted by Gasteiger charge is -2.40. The van der Waals surface area contributed by atoms with Crippen LogP contribution in [0.25, 0.3) is 32.9 Å². The highest BCUT2D eigenvalue weighted by molar-refractivity contribution is 6.23. The number of hydrogen-bond acceptors (Lipinski definition) is 9. The summed E-state index contributed by atoms with van der Waals surface area (Å²) in [5.41, 5.74) is 5.88. The molecule has 51 heavy (non-hydrogen) atoms. The molecular formula is C39H36N6O6. The highest BCUT2D eigenvalue weighted by Gasteiger charge is 2.45. The van der Waals surface area contributed by atoms with Gasteiger partial charge in [-0.25, -0.2) is 4.98 Å². The van der Waals surface area contributed by atoms with Gasteiger partial charge in [0.2, 0.25) is 17.7 Å². The summed E-state index contributed by atoms with van der Waals surface area (Å²) in [6.07, 6.45) is 9.52. The second kappa shape index (κ2) is 12.3. The molecule has 4 aliphatic rings. The van der Waals surface area contributed by atoms with E-state index in [2.05, 4.69) is 56.1 Å². The number of nitrogens with one attached hydrogen (secondary N) is 1. The molecule has 12 nitrogen and oxygen atoms in total. The molecule has 0 spiro atoms. The van der Waals surface area contributed by atoms with Crippen molar-refractivity contribution in [1.82, 2.24) is 24.8 Å². The number of carbonyl (C=O) groups excluding carboxylic acids is 4. The number of amides is 4. The van der Waals surface area contributed by atoms with Crippen LogP contribution in [-0.2, 0) is 21.4 Å². The van der Waals surface area contributed by atoms with Gasteiger partial charge in [-0.05, 0) is 61.2 Å². The predicted octanol–water partition coefficient (Wildman–Crippen LogP) is 4.79. The number of rotatable bonds is 7. The Hall–Kier alpha value is -5.62. The van der Waals surface area contributed by atoms with Crippen LogP contribution < -0.4 is 15.0 Å². The molecule has 1 atom stereocenters. The van der Waals surface area contributed by atoms with E-state index in [-0.39, 0.29) is 36.7 Å². The molecule has 4 amide bonds. The van der Waals surface area contributed by atoms with Gasteiger partial charge in [-0.15, -0.1) is 0 Å². The largest absolute Gasteiger partial charge is 0.474 e. The second-order valence-corrected chi connectivity index (χ2v) is 13.9. The third-order valence-corrected chi connectivity index (χ3v) is 10.8. The van der Waals surface area contributed by atoms with Gasteiger partial charge in [0.15, 0.2) is 0 Å². The summed E-state index contributed by atoms with van der Waals surface area (Å²) >= 11 is 0. The monoisotopic (exact) mass is 684 g/mol. The molecule has 3 aromatic heterocycles. The first-order valence-electron chi connectivity index (χ1n) is 17.5. The minimum atomic E-state index is -0.971. The molecule has 0 bridgehead atoms. The highest BCUT2D eigenvalue weighted by Crippen LogP contribution is 2.35. The van der Waals surface area contributed by atoms with Crippen molar-refractivity contribution >= 4 is 51.1 Å². The molecule has 2 saturated heterocycles. The fraction of sp³-hybridized carbons (Fsp3) is 0.333. The van der Waals surface area contributed by atoms with Gasteiger partial charge in [0.25, 0.3) is 11.8 Å². The van der Waals surface area contributed by atoms with E-state index in [4.69, 9.17) is 9.47 Å². The number of pyridine rings is 2. The van der Waals surface area contributed by atoms with Crippen molar-refractivity contribution in [2.24, 2.45) is 7.05 Å². The zero-order valence-corrected chi connectivity index (χ0v) is 28.1. The summed E-state index contributed by atoms with van der Waals surface area (Å²) in [5.74, 6) is -1.37. The van der Waals surface area contributed by atoms with Crippen LogP contribution in [0.3, 0.4) is 0 Å². The minimum absolute atomic E-state index is 0.0700.